The third kappa shape index (κ3) is 7.60. The van der Waals surface area contributed by atoms with Crippen LogP contribution in [0.2, 0.25) is 0 Å². The van der Waals surface area contributed by atoms with E-state index in [2.05, 4.69) is 5.32 Å². The number of aliphatic carboxylic acids is 1. The van der Waals surface area contributed by atoms with Crippen LogP contribution < -0.4 is 16.6 Å². The number of aldehydes is 1. The molecule has 160 valence electrons. The lowest BCUT2D eigenvalue weighted by atomic mass is 10.2. The van der Waals surface area contributed by atoms with E-state index in [1.807, 2.05) is 4.98 Å². The van der Waals surface area contributed by atoms with Crippen molar-refractivity contribution < 1.29 is 29.0 Å². The van der Waals surface area contributed by atoms with Gasteiger partial charge in [0.1, 0.15) is 31.0 Å². The summed E-state index contributed by atoms with van der Waals surface area (Å²) in [6.45, 7) is 4.48. The number of aromatic amines is 1. The first-order chi connectivity index (χ1) is 13.3. The predicted molar refractivity (Wildman–Crippen MR) is 99.5 cm³/mol. The molecule has 0 spiro atoms. The number of aromatic nitrogens is 2. The van der Waals surface area contributed by atoms with Gasteiger partial charge in [-0.3, -0.25) is 23.9 Å². The van der Waals surface area contributed by atoms with Gasteiger partial charge in [0.25, 0.3) is 5.56 Å². The number of H-pyrrole nitrogens is 1. The molecule has 12 nitrogen and oxygen atoms in total. The van der Waals surface area contributed by atoms with Crippen molar-refractivity contribution in [3.63, 3.8) is 0 Å². The molecule has 1 rings (SSSR count). The molecule has 2 amide bonds. The average molecular weight is 412 g/mol. The van der Waals surface area contributed by atoms with Crippen molar-refractivity contribution in [2.45, 2.75) is 45.9 Å². The molecule has 0 saturated carbocycles. The Morgan fingerprint density at radius 1 is 1.34 bits per heavy atom. The fraction of sp³-hybridized carbons (Fsp3) is 0.529. The molecular formula is C17H24N4O8. The molecule has 1 atom stereocenters. The number of carboxylic acids is 1. The number of carbonyl (C=O) groups is 4. The van der Waals surface area contributed by atoms with Crippen LogP contribution in [-0.2, 0) is 25.7 Å². The lowest BCUT2D eigenvalue weighted by molar-refractivity contribution is -0.147. The third-order valence-electron chi connectivity index (χ3n) is 3.53. The zero-order chi connectivity index (χ0) is 22.4. The number of nitrogens with zero attached hydrogens (tertiary/aromatic N) is 2. The second-order valence-corrected chi connectivity index (χ2v) is 7.20. The summed E-state index contributed by atoms with van der Waals surface area (Å²) in [7, 11) is 0. The summed E-state index contributed by atoms with van der Waals surface area (Å²) in [4.78, 5) is 72.9. The normalized spacial score (nSPS) is 12.0. The second kappa shape index (κ2) is 9.66. The first-order valence-corrected chi connectivity index (χ1v) is 8.58. The largest absolute Gasteiger partial charge is 0.480 e. The molecular weight excluding hydrogens is 388 g/mol. The number of alkyl carbamates (subject to hydrolysis) is 1. The van der Waals surface area contributed by atoms with Gasteiger partial charge >= 0.3 is 17.8 Å². The molecule has 1 aromatic rings. The van der Waals surface area contributed by atoms with Crippen LogP contribution >= 0.6 is 0 Å². The van der Waals surface area contributed by atoms with E-state index >= 15 is 0 Å². The van der Waals surface area contributed by atoms with E-state index in [0.717, 1.165) is 10.8 Å². The Morgan fingerprint density at radius 3 is 2.48 bits per heavy atom. The Morgan fingerprint density at radius 2 is 1.97 bits per heavy atom. The summed E-state index contributed by atoms with van der Waals surface area (Å²) >= 11 is 0. The van der Waals surface area contributed by atoms with Gasteiger partial charge in [0, 0.05) is 18.3 Å². The Hall–Kier alpha value is -3.44. The highest BCUT2D eigenvalue weighted by Crippen LogP contribution is 2.07. The van der Waals surface area contributed by atoms with E-state index in [1.165, 1.54) is 6.92 Å². The van der Waals surface area contributed by atoms with Gasteiger partial charge in [-0.05, 0) is 27.7 Å². The molecule has 1 aromatic heterocycles. The first kappa shape index (κ1) is 23.6. The summed E-state index contributed by atoms with van der Waals surface area (Å²) in [5, 5.41) is 11.4. The van der Waals surface area contributed by atoms with Crippen molar-refractivity contribution >= 4 is 24.3 Å². The molecule has 1 heterocycles. The van der Waals surface area contributed by atoms with E-state index in [0.29, 0.717) is 11.2 Å². The molecule has 0 aliphatic heterocycles. The third-order valence-corrected chi connectivity index (χ3v) is 3.53. The van der Waals surface area contributed by atoms with Crippen molar-refractivity contribution in [1.82, 2.24) is 19.8 Å². The van der Waals surface area contributed by atoms with E-state index in [9.17, 15) is 28.8 Å². The van der Waals surface area contributed by atoms with Gasteiger partial charge in [0.2, 0.25) is 5.91 Å². The zero-order valence-corrected chi connectivity index (χ0v) is 16.6. The quantitative estimate of drug-likeness (QED) is 0.450. The summed E-state index contributed by atoms with van der Waals surface area (Å²) in [5.41, 5.74) is -2.10. The molecule has 0 aromatic carbocycles. The monoisotopic (exact) mass is 412 g/mol. The lowest BCUT2D eigenvalue weighted by Gasteiger charge is -2.27. The number of carbonyl (C=O) groups excluding carboxylic acids is 3. The number of hydrogen-bond donors (Lipinski definition) is 3. The Kier molecular flexibility index (Phi) is 7.86. The fourth-order valence-electron chi connectivity index (χ4n) is 2.24. The van der Waals surface area contributed by atoms with Crippen LogP contribution in [0.3, 0.4) is 0 Å². The van der Waals surface area contributed by atoms with Crippen molar-refractivity contribution in [3.05, 3.63) is 32.6 Å². The summed E-state index contributed by atoms with van der Waals surface area (Å²) in [6.07, 6.45) is 0.603. The van der Waals surface area contributed by atoms with Crippen LogP contribution in [0.5, 0.6) is 0 Å². The van der Waals surface area contributed by atoms with Gasteiger partial charge in [0.15, 0.2) is 0 Å². The van der Waals surface area contributed by atoms with Gasteiger partial charge in [-0.25, -0.2) is 9.59 Å². The predicted octanol–water partition coefficient (Wildman–Crippen LogP) is -1.15. The molecule has 3 N–H and O–H groups in total. The minimum atomic E-state index is -1.40. The van der Waals surface area contributed by atoms with Gasteiger partial charge in [0.05, 0.1) is 0 Å². The molecule has 0 saturated heterocycles. The van der Waals surface area contributed by atoms with Gasteiger partial charge in [-0.1, -0.05) is 0 Å². The maximum absolute atomic E-state index is 12.6. The number of ether oxygens (including phenoxy) is 1. The minimum absolute atomic E-state index is 0.167. The van der Waals surface area contributed by atoms with Gasteiger partial charge < -0.3 is 24.9 Å². The van der Waals surface area contributed by atoms with Crippen LogP contribution in [-0.4, -0.2) is 68.5 Å². The average Bonchev–Trinajstić information content (AvgIpc) is 2.57. The summed E-state index contributed by atoms with van der Waals surface area (Å²) in [6, 6.07) is -1.31. The van der Waals surface area contributed by atoms with E-state index in [-0.39, 0.29) is 5.56 Å². The highest BCUT2D eigenvalue weighted by Gasteiger charge is 2.27. The van der Waals surface area contributed by atoms with Crippen molar-refractivity contribution in [3.8, 4) is 0 Å². The van der Waals surface area contributed by atoms with Crippen LogP contribution in [0, 0.1) is 6.92 Å². The molecule has 12 heteroatoms. The number of hydrogen-bond acceptors (Lipinski definition) is 7. The molecule has 1 unspecified atom stereocenters. The van der Waals surface area contributed by atoms with Gasteiger partial charge in [-0.2, -0.15) is 0 Å². The number of aryl methyl sites for hydroxylation is 1. The second-order valence-electron chi connectivity index (χ2n) is 7.20. The first-order valence-electron chi connectivity index (χ1n) is 8.58. The minimum Gasteiger partial charge on any atom is -0.480 e. The molecule has 0 radical (unpaired) electrons. The van der Waals surface area contributed by atoms with Crippen LogP contribution in [0.25, 0.3) is 0 Å². The molecule has 29 heavy (non-hydrogen) atoms. The molecule has 0 aliphatic carbocycles. The fourth-order valence-corrected chi connectivity index (χ4v) is 2.24. The Balaban J connectivity index is 2.99. The summed E-state index contributed by atoms with van der Waals surface area (Å²) < 4.78 is 5.91. The molecule has 0 bridgehead atoms. The Labute approximate surface area is 165 Å². The zero-order valence-electron chi connectivity index (χ0n) is 16.6. The topological polar surface area (TPSA) is 168 Å². The van der Waals surface area contributed by atoms with Crippen molar-refractivity contribution in [1.29, 1.82) is 0 Å². The number of amides is 2. The summed E-state index contributed by atoms with van der Waals surface area (Å²) in [5.74, 6) is -2.27. The van der Waals surface area contributed by atoms with Crippen molar-refractivity contribution in [2.24, 2.45) is 0 Å². The van der Waals surface area contributed by atoms with Crippen LogP contribution in [0.4, 0.5) is 4.79 Å². The van der Waals surface area contributed by atoms with Gasteiger partial charge in [-0.15, -0.1) is 0 Å². The number of rotatable bonds is 8. The highest BCUT2D eigenvalue weighted by molar-refractivity contribution is 5.84. The number of carboxylic acid groups (broad SMARTS) is 1. The van der Waals surface area contributed by atoms with Crippen molar-refractivity contribution in [2.75, 3.05) is 13.1 Å². The smallest absolute Gasteiger partial charge is 0.407 e. The standard InChI is InChI=1S/C17H24N4O8/c1-10-6-20(15(27)19-14(10)26)7-12(23)21(8-13(24)25)11(9-22)5-18-16(28)29-17(2,3)4/h6,9,11H,5,7-8H2,1-4H3,(H,18,28)(H,24,25)(H,19,26,27). The maximum Gasteiger partial charge on any atom is 0.407 e. The van der Waals surface area contributed by atoms with E-state index < -0.39 is 60.5 Å². The van der Waals surface area contributed by atoms with Crippen LogP contribution in [0.15, 0.2) is 15.8 Å². The van der Waals surface area contributed by atoms with E-state index in [1.54, 1.807) is 20.8 Å². The Bertz CT molecular complexity index is 896. The SMILES string of the molecule is Cc1cn(CC(=O)N(CC(=O)O)C(C=O)CNC(=O)OC(C)(C)C)c(=O)[nH]c1=O. The lowest BCUT2D eigenvalue weighted by Crippen LogP contribution is -2.51. The van der Waals surface area contributed by atoms with Crippen LogP contribution in [0.1, 0.15) is 26.3 Å². The molecule has 0 fully saturated rings. The molecule has 0 aliphatic rings. The van der Waals surface area contributed by atoms with E-state index in [4.69, 9.17) is 9.84 Å². The highest BCUT2D eigenvalue weighted by atomic mass is 16.6. The number of nitrogens with one attached hydrogen (secondary N) is 2. The maximum atomic E-state index is 12.6.